The molecule has 3 rings (SSSR count). The smallest absolute Gasteiger partial charge is 0.139 e. The zero-order valence-corrected chi connectivity index (χ0v) is 12.9. The van der Waals surface area contributed by atoms with Crippen molar-refractivity contribution in [1.82, 2.24) is 0 Å². The van der Waals surface area contributed by atoms with Crippen molar-refractivity contribution in [3.8, 4) is 0 Å². The second-order valence-corrected chi connectivity index (χ2v) is 6.53. The summed E-state index contributed by atoms with van der Waals surface area (Å²) in [5, 5.41) is 0.819. The number of hydrogen-bond acceptors (Lipinski definition) is 2. The Morgan fingerprint density at radius 2 is 1.81 bits per heavy atom. The zero-order valence-electron chi connectivity index (χ0n) is 12.1. The van der Waals surface area contributed by atoms with E-state index in [9.17, 15) is 8.60 Å². The molecule has 0 aliphatic carbocycles. The Morgan fingerprint density at radius 1 is 1.10 bits per heavy atom. The van der Waals surface area contributed by atoms with Gasteiger partial charge < -0.3 is 4.42 Å². The van der Waals surface area contributed by atoms with Gasteiger partial charge in [0.1, 0.15) is 17.2 Å². The molecule has 1 atom stereocenters. The monoisotopic (exact) mass is 302 g/mol. The Hall–Kier alpha value is -1.94. The molecule has 2 nitrogen and oxygen atoms in total. The van der Waals surface area contributed by atoms with E-state index in [0.29, 0.717) is 16.2 Å². The van der Waals surface area contributed by atoms with Gasteiger partial charge in [0.15, 0.2) is 0 Å². The molecule has 0 aliphatic heterocycles. The minimum atomic E-state index is -1.60. The summed E-state index contributed by atoms with van der Waals surface area (Å²) in [5.41, 5.74) is 2.77. The molecule has 0 spiro atoms. The topological polar surface area (TPSA) is 30.2 Å². The lowest BCUT2D eigenvalue weighted by Gasteiger charge is -2.05. The Bertz CT molecular complexity index is 865. The average Bonchev–Trinajstić information content (AvgIpc) is 2.74. The summed E-state index contributed by atoms with van der Waals surface area (Å²) in [5.74, 6) is 0.106. The third-order valence-corrected chi connectivity index (χ3v) is 5.07. The maximum absolute atomic E-state index is 13.9. The van der Waals surface area contributed by atoms with Crippen molar-refractivity contribution < 1.29 is 13.0 Å². The quantitative estimate of drug-likeness (QED) is 0.689. The van der Waals surface area contributed by atoms with Gasteiger partial charge in [0.05, 0.1) is 20.6 Å². The van der Waals surface area contributed by atoms with Crippen LogP contribution in [0, 0.1) is 26.6 Å². The third kappa shape index (κ3) is 2.29. The number of aryl methyl sites for hydroxylation is 3. The van der Waals surface area contributed by atoms with Crippen LogP contribution in [-0.4, -0.2) is 4.21 Å². The molecule has 0 fully saturated rings. The summed E-state index contributed by atoms with van der Waals surface area (Å²) in [6, 6.07) is 10.1. The number of halogens is 1. The highest BCUT2D eigenvalue weighted by Gasteiger charge is 2.22. The molecule has 0 radical (unpaired) electrons. The fraction of sp³-hybridized carbons (Fsp3) is 0.176. The van der Waals surface area contributed by atoms with Crippen molar-refractivity contribution in [3.05, 3.63) is 59.1 Å². The van der Waals surface area contributed by atoms with Gasteiger partial charge in [0.25, 0.3) is 0 Å². The molecule has 0 N–H and O–H groups in total. The third-order valence-electron chi connectivity index (χ3n) is 3.48. The lowest BCUT2D eigenvalue weighted by molar-refractivity contribution is 0.565. The predicted octanol–water partition coefficient (Wildman–Crippen LogP) is 4.66. The summed E-state index contributed by atoms with van der Waals surface area (Å²) in [6.45, 7) is 5.70. The van der Waals surface area contributed by atoms with Crippen LogP contribution in [0.15, 0.2) is 50.6 Å². The summed E-state index contributed by atoms with van der Waals surface area (Å²) in [4.78, 5) is 0.746. The fourth-order valence-corrected chi connectivity index (χ4v) is 4.03. The van der Waals surface area contributed by atoms with Gasteiger partial charge >= 0.3 is 0 Å². The van der Waals surface area contributed by atoms with Gasteiger partial charge in [-0.05, 0) is 50.1 Å². The maximum atomic E-state index is 13.9. The molecule has 0 aliphatic rings. The van der Waals surface area contributed by atoms with Crippen molar-refractivity contribution in [2.75, 3.05) is 0 Å². The largest absolute Gasteiger partial charge is 0.460 e. The van der Waals surface area contributed by atoms with E-state index in [1.165, 1.54) is 6.07 Å². The molecule has 1 heterocycles. The average molecular weight is 302 g/mol. The van der Waals surface area contributed by atoms with Crippen LogP contribution in [0.2, 0.25) is 0 Å². The van der Waals surface area contributed by atoms with Crippen LogP contribution < -0.4 is 0 Å². The van der Waals surface area contributed by atoms with E-state index in [0.717, 1.165) is 16.5 Å². The van der Waals surface area contributed by atoms with Gasteiger partial charge in [0.2, 0.25) is 0 Å². The van der Waals surface area contributed by atoms with Gasteiger partial charge in [-0.3, -0.25) is 0 Å². The van der Waals surface area contributed by atoms with Crippen molar-refractivity contribution in [2.45, 2.75) is 30.6 Å². The first-order valence-corrected chi connectivity index (χ1v) is 7.80. The van der Waals surface area contributed by atoms with E-state index in [-0.39, 0.29) is 4.90 Å². The van der Waals surface area contributed by atoms with Gasteiger partial charge in [-0.1, -0.05) is 18.2 Å². The molecule has 0 amide bonds. The molecule has 0 saturated heterocycles. The van der Waals surface area contributed by atoms with Crippen LogP contribution in [-0.2, 0) is 10.8 Å². The predicted molar refractivity (Wildman–Crippen MR) is 81.5 cm³/mol. The summed E-state index contributed by atoms with van der Waals surface area (Å²) in [6.07, 6.45) is 0. The molecule has 3 aromatic rings. The van der Waals surface area contributed by atoms with Crippen LogP contribution in [0.1, 0.15) is 16.9 Å². The van der Waals surface area contributed by atoms with Crippen molar-refractivity contribution in [2.24, 2.45) is 0 Å². The first-order chi connectivity index (χ1) is 9.99. The molecule has 0 bridgehead atoms. The lowest BCUT2D eigenvalue weighted by atomic mass is 10.1. The SMILES string of the molecule is Cc1cc(C)c2c([S@](=O)c3ccccc3F)c(C)oc2c1. The Morgan fingerprint density at radius 3 is 2.52 bits per heavy atom. The normalized spacial score (nSPS) is 12.8. The molecule has 4 heteroatoms. The number of benzene rings is 2. The molecule has 0 saturated carbocycles. The zero-order chi connectivity index (χ0) is 15.1. The molecule has 108 valence electrons. The van der Waals surface area contributed by atoms with Crippen molar-refractivity contribution in [1.29, 1.82) is 0 Å². The van der Waals surface area contributed by atoms with Crippen LogP contribution in [0.25, 0.3) is 11.0 Å². The highest BCUT2D eigenvalue weighted by molar-refractivity contribution is 7.85. The lowest BCUT2D eigenvalue weighted by Crippen LogP contribution is -1.97. The number of hydrogen-bond donors (Lipinski definition) is 0. The first kappa shape index (κ1) is 14.0. The standard InChI is InChI=1S/C17H15FO2S/c1-10-8-11(2)16-14(9-10)20-12(3)17(16)21(19)15-7-5-4-6-13(15)18/h4-9H,1-3H3/t21-/m1/s1. The summed E-state index contributed by atoms with van der Waals surface area (Å²) >= 11 is 0. The first-order valence-electron chi connectivity index (χ1n) is 6.65. The van der Waals surface area contributed by atoms with E-state index in [2.05, 4.69) is 0 Å². The highest BCUT2D eigenvalue weighted by atomic mass is 32.2. The summed E-state index contributed by atoms with van der Waals surface area (Å²) in [7, 11) is -1.60. The minimum Gasteiger partial charge on any atom is -0.460 e. The van der Waals surface area contributed by atoms with Crippen LogP contribution in [0.4, 0.5) is 4.39 Å². The second-order valence-electron chi connectivity index (χ2n) is 5.14. The van der Waals surface area contributed by atoms with E-state index in [1.54, 1.807) is 25.1 Å². The fourth-order valence-electron chi connectivity index (χ4n) is 2.62. The Balaban J connectivity index is 2.28. The second kappa shape index (κ2) is 5.11. The number of fused-ring (bicyclic) bond motifs is 1. The van der Waals surface area contributed by atoms with Crippen LogP contribution >= 0.6 is 0 Å². The van der Waals surface area contributed by atoms with E-state index in [4.69, 9.17) is 4.42 Å². The minimum absolute atomic E-state index is 0.184. The van der Waals surface area contributed by atoms with Gasteiger partial charge in [-0.25, -0.2) is 8.60 Å². The van der Waals surface area contributed by atoms with Gasteiger partial charge in [0, 0.05) is 5.39 Å². The van der Waals surface area contributed by atoms with Crippen LogP contribution in [0.3, 0.4) is 0 Å². The Kier molecular flexibility index (Phi) is 3.41. The molecule has 1 aromatic heterocycles. The molecular formula is C17H15FO2S. The van der Waals surface area contributed by atoms with E-state index < -0.39 is 16.6 Å². The van der Waals surface area contributed by atoms with Gasteiger partial charge in [-0.15, -0.1) is 0 Å². The number of furan rings is 1. The van der Waals surface area contributed by atoms with Crippen molar-refractivity contribution >= 4 is 21.8 Å². The molecule has 0 unspecified atom stereocenters. The molecule has 21 heavy (non-hydrogen) atoms. The van der Waals surface area contributed by atoms with Crippen LogP contribution in [0.5, 0.6) is 0 Å². The van der Waals surface area contributed by atoms with Gasteiger partial charge in [-0.2, -0.15) is 0 Å². The molecular weight excluding hydrogens is 287 g/mol. The highest BCUT2D eigenvalue weighted by Crippen LogP contribution is 2.34. The van der Waals surface area contributed by atoms with Crippen molar-refractivity contribution in [3.63, 3.8) is 0 Å². The number of rotatable bonds is 2. The van der Waals surface area contributed by atoms with E-state index >= 15 is 0 Å². The van der Waals surface area contributed by atoms with E-state index in [1.807, 2.05) is 26.0 Å². The molecule has 2 aromatic carbocycles. The maximum Gasteiger partial charge on any atom is 0.139 e. The summed E-state index contributed by atoms with van der Waals surface area (Å²) < 4.78 is 32.4. The Labute approximate surface area is 125 Å².